The molecule has 21 heavy (non-hydrogen) atoms. The fourth-order valence-electron chi connectivity index (χ4n) is 3.16. The van der Waals surface area contributed by atoms with Gasteiger partial charge in [-0.1, -0.05) is 6.92 Å². The second kappa shape index (κ2) is 8.59. The van der Waals surface area contributed by atoms with Crippen molar-refractivity contribution in [3.05, 3.63) is 0 Å². The molecule has 5 heteroatoms. The fourth-order valence-corrected chi connectivity index (χ4v) is 3.16. The molecule has 0 spiro atoms. The zero-order chi connectivity index (χ0) is 15.1. The second-order valence-corrected chi connectivity index (χ2v) is 6.39. The number of hydrogen-bond acceptors (Lipinski definition) is 3. The maximum atomic E-state index is 5.42. The molecule has 0 amide bonds. The van der Waals surface area contributed by atoms with Crippen molar-refractivity contribution in [3.63, 3.8) is 0 Å². The molecule has 2 rings (SSSR count). The van der Waals surface area contributed by atoms with Gasteiger partial charge in [-0.2, -0.15) is 0 Å². The van der Waals surface area contributed by atoms with Crippen LogP contribution in [-0.2, 0) is 4.74 Å². The summed E-state index contributed by atoms with van der Waals surface area (Å²) in [6.45, 7) is 14.6. The van der Waals surface area contributed by atoms with Crippen LogP contribution in [0.1, 0.15) is 33.6 Å². The Kier molecular flexibility index (Phi) is 6.77. The third-order valence-electron chi connectivity index (χ3n) is 4.47. The summed E-state index contributed by atoms with van der Waals surface area (Å²) in [5, 5.41) is 3.46. The molecule has 2 saturated heterocycles. The molecule has 0 radical (unpaired) electrons. The van der Waals surface area contributed by atoms with Crippen molar-refractivity contribution >= 4 is 5.96 Å². The summed E-state index contributed by atoms with van der Waals surface area (Å²) in [6.07, 6.45) is 2.63. The van der Waals surface area contributed by atoms with E-state index in [1.807, 2.05) is 0 Å². The van der Waals surface area contributed by atoms with E-state index >= 15 is 0 Å². The highest BCUT2D eigenvalue weighted by Crippen LogP contribution is 2.15. The molecule has 1 N–H and O–H groups in total. The number of piperidine rings is 1. The second-order valence-electron chi connectivity index (χ2n) is 6.39. The molecular formula is C16H32N4O. The van der Waals surface area contributed by atoms with Crippen LogP contribution in [-0.4, -0.2) is 74.3 Å². The third kappa shape index (κ3) is 5.15. The van der Waals surface area contributed by atoms with Crippen LogP contribution < -0.4 is 5.32 Å². The average Bonchev–Trinajstić information content (AvgIpc) is 2.52. The molecule has 0 aromatic rings. The van der Waals surface area contributed by atoms with Crippen LogP contribution in [0, 0.1) is 5.92 Å². The number of hydrogen-bond donors (Lipinski definition) is 1. The van der Waals surface area contributed by atoms with Crippen molar-refractivity contribution in [2.75, 3.05) is 52.5 Å². The molecule has 5 nitrogen and oxygen atoms in total. The van der Waals surface area contributed by atoms with Gasteiger partial charge in [0, 0.05) is 38.8 Å². The normalized spacial score (nSPS) is 26.7. The molecular weight excluding hydrogens is 264 g/mol. The molecule has 0 aromatic carbocycles. The van der Waals surface area contributed by atoms with Crippen LogP contribution >= 0.6 is 0 Å². The zero-order valence-corrected chi connectivity index (χ0v) is 14.0. The van der Waals surface area contributed by atoms with Gasteiger partial charge in [-0.3, -0.25) is 9.89 Å². The number of morpholine rings is 1. The maximum absolute atomic E-state index is 5.42. The van der Waals surface area contributed by atoms with Crippen LogP contribution in [0.2, 0.25) is 0 Å². The summed E-state index contributed by atoms with van der Waals surface area (Å²) in [6, 6.07) is 0.491. The highest BCUT2D eigenvalue weighted by atomic mass is 16.5. The summed E-state index contributed by atoms with van der Waals surface area (Å²) in [5.41, 5.74) is 0. The molecule has 0 saturated carbocycles. The van der Waals surface area contributed by atoms with E-state index in [-0.39, 0.29) is 0 Å². The van der Waals surface area contributed by atoms with Crippen LogP contribution in [0.3, 0.4) is 0 Å². The summed E-state index contributed by atoms with van der Waals surface area (Å²) < 4.78 is 5.42. The molecule has 0 bridgehead atoms. The topological polar surface area (TPSA) is 40.1 Å². The SMILES string of the molecule is CCNC(=NCC(C)N1CCOCC1)N1CCCC(C)C1. The van der Waals surface area contributed by atoms with Gasteiger partial charge in [-0.05, 0) is 32.6 Å². The first-order chi connectivity index (χ1) is 10.2. The molecule has 122 valence electrons. The summed E-state index contributed by atoms with van der Waals surface area (Å²) >= 11 is 0. The number of likely N-dealkylation sites (tertiary alicyclic amines) is 1. The summed E-state index contributed by atoms with van der Waals surface area (Å²) in [5.74, 6) is 1.88. The van der Waals surface area contributed by atoms with Crippen molar-refractivity contribution in [1.29, 1.82) is 0 Å². The molecule has 2 unspecified atom stereocenters. The first kappa shape index (κ1) is 16.6. The summed E-state index contributed by atoms with van der Waals surface area (Å²) in [4.78, 5) is 9.81. The predicted molar refractivity (Wildman–Crippen MR) is 87.8 cm³/mol. The zero-order valence-electron chi connectivity index (χ0n) is 14.0. The quantitative estimate of drug-likeness (QED) is 0.629. The Balaban J connectivity index is 1.89. The number of guanidine groups is 1. The van der Waals surface area contributed by atoms with Crippen molar-refractivity contribution in [1.82, 2.24) is 15.1 Å². The van der Waals surface area contributed by atoms with Crippen LogP contribution in [0.25, 0.3) is 0 Å². The molecule has 0 aliphatic carbocycles. The largest absolute Gasteiger partial charge is 0.379 e. The molecule has 0 aromatic heterocycles. The lowest BCUT2D eigenvalue weighted by Crippen LogP contribution is -2.47. The van der Waals surface area contributed by atoms with Crippen LogP contribution in [0.5, 0.6) is 0 Å². The Morgan fingerprint density at radius 3 is 2.76 bits per heavy atom. The Hall–Kier alpha value is -0.810. The van der Waals surface area contributed by atoms with E-state index in [1.165, 1.54) is 12.8 Å². The van der Waals surface area contributed by atoms with E-state index in [2.05, 4.69) is 35.9 Å². The van der Waals surface area contributed by atoms with Gasteiger partial charge in [-0.15, -0.1) is 0 Å². The molecule has 2 aliphatic rings. The Bertz CT molecular complexity index is 328. The van der Waals surface area contributed by atoms with E-state index in [0.29, 0.717) is 6.04 Å². The highest BCUT2D eigenvalue weighted by molar-refractivity contribution is 5.80. The average molecular weight is 296 g/mol. The van der Waals surface area contributed by atoms with Gasteiger partial charge < -0.3 is 15.0 Å². The lowest BCUT2D eigenvalue weighted by atomic mass is 10.0. The van der Waals surface area contributed by atoms with Crippen LogP contribution in [0.15, 0.2) is 4.99 Å². The Morgan fingerprint density at radius 1 is 1.33 bits per heavy atom. The van der Waals surface area contributed by atoms with Gasteiger partial charge in [-0.25, -0.2) is 0 Å². The third-order valence-corrected chi connectivity index (χ3v) is 4.47. The summed E-state index contributed by atoms with van der Waals surface area (Å²) in [7, 11) is 0. The van der Waals surface area contributed by atoms with Gasteiger partial charge in [0.15, 0.2) is 5.96 Å². The van der Waals surface area contributed by atoms with Gasteiger partial charge in [0.05, 0.1) is 19.8 Å². The van der Waals surface area contributed by atoms with Crippen molar-refractivity contribution in [2.24, 2.45) is 10.9 Å². The van der Waals surface area contributed by atoms with Gasteiger partial charge in [0.1, 0.15) is 0 Å². The van der Waals surface area contributed by atoms with Crippen LogP contribution in [0.4, 0.5) is 0 Å². The number of nitrogens with zero attached hydrogens (tertiary/aromatic N) is 3. The maximum Gasteiger partial charge on any atom is 0.193 e. The van der Waals surface area contributed by atoms with Gasteiger partial charge in [0.25, 0.3) is 0 Å². The van der Waals surface area contributed by atoms with Crippen molar-refractivity contribution in [3.8, 4) is 0 Å². The highest BCUT2D eigenvalue weighted by Gasteiger charge is 2.20. The predicted octanol–water partition coefficient (Wildman–Crippen LogP) is 1.40. The van der Waals surface area contributed by atoms with Crippen molar-refractivity contribution in [2.45, 2.75) is 39.7 Å². The molecule has 2 heterocycles. The lowest BCUT2D eigenvalue weighted by molar-refractivity contribution is 0.0220. The molecule has 2 aliphatic heterocycles. The van der Waals surface area contributed by atoms with E-state index in [9.17, 15) is 0 Å². The first-order valence-electron chi connectivity index (χ1n) is 8.55. The molecule has 2 fully saturated rings. The van der Waals surface area contributed by atoms with Gasteiger partial charge in [0.2, 0.25) is 0 Å². The van der Waals surface area contributed by atoms with Gasteiger partial charge >= 0.3 is 0 Å². The lowest BCUT2D eigenvalue weighted by Gasteiger charge is -2.35. The Morgan fingerprint density at radius 2 is 2.10 bits per heavy atom. The molecule has 2 atom stereocenters. The van der Waals surface area contributed by atoms with E-state index in [4.69, 9.17) is 9.73 Å². The number of aliphatic imine (C=N–C) groups is 1. The minimum absolute atomic E-state index is 0.491. The fraction of sp³-hybridized carbons (Fsp3) is 0.938. The minimum Gasteiger partial charge on any atom is -0.379 e. The monoisotopic (exact) mass is 296 g/mol. The number of ether oxygens (including phenoxy) is 1. The minimum atomic E-state index is 0.491. The standard InChI is InChI=1S/C16H32N4O/c1-4-17-16(20-7-5-6-14(2)13-20)18-12-15(3)19-8-10-21-11-9-19/h14-15H,4-13H2,1-3H3,(H,17,18). The van der Waals surface area contributed by atoms with E-state index < -0.39 is 0 Å². The first-order valence-corrected chi connectivity index (χ1v) is 8.55. The number of rotatable bonds is 4. The number of nitrogens with one attached hydrogen (secondary N) is 1. The smallest absolute Gasteiger partial charge is 0.193 e. The van der Waals surface area contributed by atoms with Crippen molar-refractivity contribution < 1.29 is 4.74 Å². The van der Waals surface area contributed by atoms with E-state index in [1.54, 1.807) is 0 Å². The van der Waals surface area contributed by atoms with E-state index in [0.717, 1.165) is 64.4 Å². The Labute approximate surface area is 129 Å².